The maximum absolute atomic E-state index is 8.46. The van der Waals surface area contributed by atoms with Gasteiger partial charge in [0.1, 0.15) is 5.06 Å². The summed E-state index contributed by atoms with van der Waals surface area (Å²) in [6.07, 6.45) is -0.534. The Hall–Kier alpha value is 1.08. The molecule has 0 aromatic heterocycles. The largest absolute Gasteiger partial charge is 0.391 e. The first-order chi connectivity index (χ1) is 5.37. The van der Waals surface area contributed by atoms with Gasteiger partial charge >= 0.3 is 0 Å². The molecule has 0 rings (SSSR count). The molecule has 0 saturated carbocycles. The summed E-state index contributed by atoms with van der Waals surface area (Å²) in [7, 11) is 0. The minimum atomic E-state index is -1.22. The van der Waals surface area contributed by atoms with Crippen LogP contribution in [0.2, 0.25) is 0 Å². The molecule has 1 unspecified atom stereocenters. The number of aliphatic hydroxyl groups excluding tert-OH is 1. The van der Waals surface area contributed by atoms with Crippen LogP contribution in [-0.2, 0) is 0 Å². The molecule has 76 valence electrons. The average molecular weight is 258 g/mol. The number of hydrogen-bond donors (Lipinski definition) is 2. The second kappa shape index (κ2) is 8.67. The topological polar surface area (TPSA) is 40.5 Å². The lowest BCUT2D eigenvalue weighted by atomic mass is 10.5. The molecule has 0 fully saturated rings. The molecule has 0 aromatic rings. The van der Waals surface area contributed by atoms with Crippen molar-refractivity contribution in [3.63, 3.8) is 0 Å². The first-order valence-electron chi connectivity index (χ1n) is 3.14. The summed E-state index contributed by atoms with van der Waals surface area (Å²) >= 11 is 20.5. The predicted molar refractivity (Wildman–Crippen MR) is 54.6 cm³/mol. The quantitative estimate of drug-likeness (QED) is 0.760. The zero-order valence-electron chi connectivity index (χ0n) is 6.60. The average Bonchev–Trinajstić information content (AvgIpc) is 2.03. The summed E-state index contributed by atoms with van der Waals surface area (Å²) in [6.45, 7) is 1.43. The van der Waals surface area contributed by atoms with Crippen LogP contribution in [0.5, 0.6) is 0 Å². The van der Waals surface area contributed by atoms with Crippen molar-refractivity contribution in [3.8, 4) is 0 Å². The monoisotopic (exact) mass is 256 g/mol. The van der Waals surface area contributed by atoms with Crippen molar-refractivity contribution in [1.29, 1.82) is 0 Å². The second-order valence-corrected chi connectivity index (χ2v) is 3.94. The van der Waals surface area contributed by atoms with Crippen molar-refractivity contribution in [2.24, 2.45) is 0 Å². The van der Waals surface area contributed by atoms with Gasteiger partial charge in [-0.2, -0.15) is 0 Å². The molecular formula is C6H12Cl4O2. The van der Waals surface area contributed by atoms with E-state index >= 15 is 0 Å². The fraction of sp³-hybridized carbons (Fsp3) is 1.00. The molecule has 2 nitrogen and oxygen atoms in total. The minimum Gasteiger partial charge on any atom is -0.391 e. The van der Waals surface area contributed by atoms with Crippen LogP contribution in [0.3, 0.4) is 0 Å². The van der Waals surface area contributed by atoms with E-state index in [9.17, 15) is 0 Å². The van der Waals surface area contributed by atoms with Crippen LogP contribution in [-0.4, -0.2) is 39.0 Å². The lowest BCUT2D eigenvalue weighted by Crippen LogP contribution is -2.15. The van der Waals surface area contributed by atoms with Crippen molar-refractivity contribution >= 4 is 46.4 Å². The van der Waals surface area contributed by atoms with Crippen molar-refractivity contribution in [2.45, 2.75) is 18.1 Å². The van der Waals surface area contributed by atoms with Crippen LogP contribution in [0.4, 0.5) is 0 Å². The van der Waals surface area contributed by atoms with E-state index in [1.807, 2.05) is 0 Å². The van der Waals surface area contributed by atoms with Crippen molar-refractivity contribution in [2.75, 3.05) is 17.6 Å². The standard InChI is InChI=1S/2C3H6Cl2O/c1-3(5,6)2-4;4-1-3(6)2-5/h6H,2H2,1H3;3,6H,1-2H2. The van der Waals surface area contributed by atoms with E-state index < -0.39 is 11.2 Å². The van der Waals surface area contributed by atoms with Gasteiger partial charge in [0.25, 0.3) is 0 Å². The minimum absolute atomic E-state index is 0.0640. The van der Waals surface area contributed by atoms with E-state index in [4.69, 9.17) is 56.6 Å². The van der Waals surface area contributed by atoms with Crippen LogP contribution in [0.15, 0.2) is 0 Å². The second-order valence-electron chi connectivity index (χ2n) is 2.24. The third-order valence-electron chi connectivity index (χ3n) is 0.600. The molecule has 2 N–H and O–H groups in total. The van der Waals surface area contributed by atoms with Crippen LogP contribution in [0.25, 0.3) is 0 Å². The highest BCUT2D eigenvalue weighted by Crippen LogP contribution is 2.09. The molecule has 0 bridgehead atoms. The highest BCUT2D eigenvalue weighted by Gasteiger charge is 2.11. The Kier molecular flexibility index (Phi) is 11.2. The number of alkyl halides is 4. The Morgan fingerprint density at radius 3 is 1.50 bits per heavy atom. The Morgan fingerprint density at radius 2 is 1.50 bits per heavy atom. The van der Waals surface area contributed by atoms with Crippen LogP contribution < -0.4 is 0 Å². The molecule has 12 heavy (non-hydrogen) atoms. The molecular weight excluding hydrogens is 246 g/mol. The maximum Gasteiger partial charge on any atom is 0.149 e. The molecule has 0 aromatic carbocycles. The van der Waals surface area contributed by atoms with E-state index in [-0.39, 0.29) is 17.6 Å². The van der Waals surface area contributed by atoms with Crippen molar-refractivity contribution in [3.05, 3.63) is 0 Å². The molecule has 0 spiro atoms. The van der Waals surface area contributed by atoms with Crippen molar-refractivity contribution in [1.82, 2.24) is 0 Å². The van der Waals surface area contributed by atoms with Crippen LogP contribution in [0, 0.1) is 0 Å². The van der Waals surface area contributed by atoms with E-state index in [1.165, 1.54) is 6.92 Å². The van der Waals surface area contributed by atoms with E-state index in [0.717, 1.165) is 0 Å². The fourth-order valence-electron chi connectivity index (χ4n) is 0.0412. The third kappa shape index (κ3) is 17.2. The summed E-state index contributed by atoms with van der Waals surface area (Å²) < 4.78 is 0. The smallest absolute Gasteiger partial charge is 0.149 e. The molecule has 0 aliphatic rings. The van der Waals surface area contributed by atoms with Crippen LogP contribution in [0.1, 0.15) is 6.92 Å². The predicted octanol–water partition coefficient (Wildman–Crippen LogP) is 2.00. The van der Waals surface area contributed by atoms with Gasteiger partial charge in [-0.1, -0.05) is 11.6 Å². The number of hydrogen-bond acceptors (Lipinski definition) is 2. The third-order valence-corrected chi connectivity index (χ3v) is 2.10. The number of rotatable bonds is 3. The van der Waals surface area contributed by atoms with E-state index in [0.29, 0.717) is 0 Å². The summed E-state index contributed by atoms with van der Waals surface area (Å²) in [4.78, 5) is 0. The molecule has 0 aliphatic carbocycles. The summed E-state index contributed by atoms with van der Waals surface area (Å²) in [5, 5.41) is 15.6. The highest BCUT2D eigenvalue weighted by molar-refractivity contribution is 6.29. The maximum atomic E-state index is 8.46. The number of halogens is 4. The van der Waals surface area contributed by atoms with Gasteiger partial charge in [-0.25, -0.2) is 0 Å². The van der Waals surface area contributed by atoms with Gasteiger partial charge < -0.3 is 10.2 Å². The first-order valence-corrected chi connectivity index (χ1v) is 5.12. The molecule has 1 atom stereocenters. The van der Waals surface area contributed by atoms with Crippen LogP contribution >= 0.6 is 46.4 Å². The van der Waals surface area contributed by atoms with Gasteiger partial charge in [0.05, 0.1) is 12.0 Å². The molecule has 6 heteroatoms. The Morgan fingerprint density at radius 1 is 1.25 bits per heavy atom. The Bertz CT molecular complexity index is 90.0. The lowest BCUT2D eigenvalue weighted by molar-refractivity contribution is 0.174. The van der Waals surface area contributed by atoms with E-state index in [2.05, 4.69) is 0 Å². The summed E-state index contributed by atoms with van der Waals surface area (Å²) in [5.74, 6) is 0.515. The molecule has 0 aliphatic heterocycles. The fourth-order valence-corrected chi connectivity index (χ4v) is 0.371. The summed E-state index contributed by atoms with van der Waals surface area (Å²) in [6, 6.07) is 0. The van der Waals surface area contributed by atoms with Crippen molar-refractivity contribution < 1.29 is 10.2 Å². The molecule has 0 amide bonds. The van der Waals surface area contributed by atoms with Gasteiger partial charge in [0.15, 0.2) is 0 Å². The summed E-state index contributed by atoms with van der Waals surface area (Å²) in [5.41, 5.74) is 0. The Balaban J connectivity index is 0. The molecule has 0 heterocycles. The highest BCUT2D eigenvalue weighted by atomic mass is 35.5. The SMILES string of the molecule is CC(O)(Cl)CCl.OC(CCl)CCl. The lowest BCUT2D eigenvalue weighted by Gasteiger charge is -2.06. The Labute approximate surface area is 92.4 Å². The van der Waals surface area contributed by atoms with Gasteiger partial charge in [-0.15, -0.1) is 34.8 Å². The van der Waals surface area contributed by atoms with Gasteiger partial charge in [0.2, 0.25) is 0 Å². The number of aliphatic hydroxyl groups is 2. The normalized spacial score (nSPS) is 15.0. The first kappa shape index (κ1) is 15.5. The van der Waals surface area contributed by atoms with Gasteiger partial charge in [-0.3, -0.25) is 0 Å². The van der Waals surface area contributed by atoms with Gasteiger partial charge in [-0.05, 0) is 6.92 Å². The van der Waals surface area contributed by atoms with E-state index in [1.54, 1.807) is 0 Å². The molecule has 0 radical (unpaired) electrons. The van der Waals surface area contributed by atoms with Gasteiger partial charge in [0, 0.05) is 11.8 Å². The zero-order valence-corrected chi connectivity index (χ0v) is 9.63. The zero-order chi connectivity index (χ0) is 10.2. The molecule has 0 saturated heterocycles.